The smallest absolute Gasteiger partial charge is 0.0121 e. The van der Waals surface area contributed by atoms with Gasteiger partial charge in [0.2, 0.25) is 0 Å². The molecule has 2 N–H and O–H groups in total. The Bertz CT molecular complexity index is 193. The molecule has 2 heterocycles. The molecule has 4 nitrogen and oxygen atoms in total. The maximum atomic E-state index is 5.59. The van der Waals surface area contributed by atoms with Crippen molar-refractivity contribution >= 4 is 0 Å². The fraction of sp³-hybridized carbons (Fsp3) is 1.00. The number of piperazine rings is 1. The van der Waals surface area contributed by atoms with Crippen LogP contribution in [-0.4, -0.2) is 80.1 Å². The zero-order valence-electron chi connectivity index (χ0n) is 10.6. The lowest BCUT2D eigenvalue weighted by Gasteiger charge is -2.42. The number of piperidine rings is 1. The molecule has 0 atom stereocenters. The molecule has 0 saturated carbocycles. The highest BCUT2D eigenvalue weighted by atomic mass is 15.3. The van der Waals surface area contributed by atoms with Crippen LogP contribution in [0.1, 0.15) is 12.8 Å². The van der Waals surface area contributed by atoms with Crippen LogP contribution in [0.3, 0.4) is 0 Å². The Hall–Kier alpha value is -0.160. The Morgan fingerprint density at radius 2 is 1.62 bits per heavy atom. The van der Waals surface area contributed by atoms with Gasteiger partial charge in [0.25, 0.3) is 0 Å². The van der Waals surface area contributed by atoms with Gasteiger partial charge >= 0.3 is 0 Å². The van der Waals surface area contributed by atoms with E-state index in [9.17, 15) is 0 Å². The van der Waals surface area contributed by atoms with Gasteiger partial charge in [0, 0.05) is 45.3 Å². The molecule has 2 fully saturated rings. The molecule has 0 aromatic carbocycles. The van der Waals surface area contributed by atoms with Crippen molar-refractivity contribution in [2.45, 2.75) is 18.9 Å². The van der Waals surface area contributed by atoms with Crippen LogP contribution in [0.15, 0.2) is 0 Å². The van der Waals surface area contributed by atoms with Gasteiger partial charge in [-0.1, -0.05) is 0 Å². The summed E-state index contributed by atoms with van der Waals surface area (Å²) in [6.07, 6.45) is 2.71. The van der Waals surface area contributed by atoms with Gasteiger partial charge in [0.05, 0.1) is 0 Å². The van der Waals surface area contributed by atoms with Crippen molar-refractivity contribution in [1.29, 1.82) is 0 Å². The first-order valence-corrected chi connectivity index (χ1v) is 6.64. The molecule has 0 aromatic heterocycles. The minimum Gasteiger partial charge on any atom is -0.329 e. The lowest BCUT2D eigenvalue weighted by Crippen LogP contribution is -2.53. The van der Waals surface area contributed by atoms with E-state index in [4.69, 9.17) is 5.73 Å². The van der Waals surface area contributed by atoms with Crippen LogP contribution in [0.4, 0.5) is 0 Å². The van der Waals surface area contributed by atoms with E-state index >= 15 is 0 Å². The van der Waals surface area contributed by atoms with E-state index < -0.39 is 0 Å². The summed E-state index contributed by atoms with van der Waals surface area (Å²) in [6, 6.07) is 0.844. The number of rotatable bonds is 3. The van der Waals surface area contributed by atoms with E-state index in [0.29, 0.717) is 0 Å². The summed E-state index contributed by atoms with van der Waals surface area (Å²) in [5.41, 5.74) is 5.59. The van der Waals surface area contributed by atoms with Crippen molar-refractivity contribution in [3.05, 3.63) is 0 Å². The molecule has 0 aliphatic carbocycles. The van der Waals surface area contributed by atoms with E-state index in [2.05, 4.69) is 21.7 Å². The average Bonchev–Trinajstić information content (AvgIpc) is 2.32. The number of likely N-dealkylation sites (tertiary alicyclic amines) is 1. The molecule has 0 amide bonds. The summed E-state index contributed by atoms with van der Waals surface area (Å²) in [6.45, 7) is 9.33. The molecule has 2 aliphatic rings. The van der Waals surface area contributed by atoms with E-state index in [1.807, 2.05) is 0 Å². The molecule has 94 valence electrons. The largest absolute Gasteiger partial charge is 0.329 e. The van der Waals surface area contributed by atoms with Gasteiger partial charge in [-0.15, -0.1) is 0 Å². The maximum absolute atomic E-state index is 5.59. The molecule has 2 saturated heterocycles. The van der Waals surface area contributed by atoms with Crippen LogP contribution < -0.4 is 5.73 Å². The first-order valence-electron chi connectivity index (χ1n) is 6.64. The summed E-state index contributed by atoms with van der Waals surface area (Å²) in [5.74, 6) is 0. The van der Waals surface area contributed by atoms with Gasteiger partial charge < -0.3 is 10.6 Å². The summed E-state index contributed by atoms with van der Waals surface area (Å²) < 4.78 is 0. The predicted octanol–water partition coefficient (Wildman–Crippen LogP) is -0.343. The SMILES string of the molecule is CN1CCC(N2CCN(CCN)CC2)CC1. The summed E-state index contributed by atoms with van der Waals surface area (Å²) in [4.78, 5) is 7.63. The maximum Gasteiger partial charge on any atom is 0.0121 e. The molecule has 0 spiro atoms. The Balaban J connectivity index is 1.72. The molecular formula is C12H26N4. The van der Waals surface area contributed by atoms with Crippen LogP contribution in [0.2, 0.25) is 0 Å². The second-order valence-corrected chi connectivity index (χ2v) is 5.20. The number of nitrogens with two attached hydrogens (primary N) is 1. The second-order valence-electron chi connectivity index (χ2n) is 5.20. The van der Waals surface area contributed by atoms with Crippen LogP contribution >= 0.6 is 0 Å². The topological polar surface area (TPSA) is 35.7 Å². The lowest BCUT2D eigenvalue weighted by molar-refractivity contribution is 0.0659. The van der Waals surface area contributed by atoms with Gasteiger partial charge in [0.1, 0.15) is 0 Å². The van der Waals surface area contributed by atoms with Crippen molar-refractivity contribution in [3.63, 3.8) is 0 Å². The van der Waals surface area contributed by atoms with Crippen LogP contribution in [0.25, 0.3) is 0 Å². The minimum atomic E-state index is 0.800. The standard InChI is InChI=1S/C12H26N4/c1-14-5-2-12(3-6-14)16-10-8-15(7-4-13)9-11-16/h12H,2-11,13H2,1H3. The Morgan fingerprint density at radius 1 is 1.00 bits per heavy atom. The molecule has 4 heteroatoms. The fourth-order valence-corrected chi connectivity index (χ4v) is 2.89. The van der Waals surface area contributed by atoms with Crippen molar-refractivity contribution in [2.24, 2.45) is 5.73 Å². The Morgan fingerprint density at radius 3 is 2.19 bits per heavy atom. The van der Waals surface area contributed by atoms with E-state index in [1.165, 1.54) is 52.1 Å². The molecule has 0 radical (unpaired) electrons. The van der Waals surface area contributed by atoms with Crippen molar-refractivity contribution < 1.29 is 0 Å². The molecule has 2 rings (SSSR count). The predicted molar refractivity (Wildman–Crippen MR) is 67.6 cm³/mol. The highest BCUT2D eigenvalue weighted by Gasteiger charge is 2.25. The second kappa shape index (κ2) is 5.96. The number of hydrogen-bond donors (Lipinski definition) is 1. The van der Waals surface area contributed by atoms with Crippen molar-refractivity contribution in [1.82, 2.24) is 14.7 Å². The molecule has 2 aliphatic heterocycles. The quantitative estimate of drug-likeness (QED) is 0.714. The van der Waals surface area contributed by atoms with Gasteiger partial charge in [-0.3, -0.25) is 9.80 Å². The monoisotopic (exact) mass is 226 g/mol. The third-order valence-electron chi connectivity index (χ3n) is 4.06. The molecule has 0 aromatic rings. The van der Waals surface area contributed by atoms with E-state index in [0.717, 1.165) is 19.1 Å². The molecule has 0 bridgehead atoms. The van der Waals surface area contributed by atoms with E-state index in [1.54, 1.807) is 0 Å². The summed E-state index contributed by atoms with van der Waals surface area (Å²) in [7, 11) is 2.23. The lowest BCUT2D eigenvalue weighted by atomic mass is 10.0. The number of hydrogen-bond acceptors (Lipinski definition) is 4. The Kier molecular flexibility index (Phi) is 4.58. The zero-order chi connectivity index (χ0) is 11.4. The van der Waals surface area contributed by atoms with Crippen LogP contribution in [0.5, 0.6) is 0 Å². The normalized spacial score (nSPS) is 27.4. The fourth-order valence-electron chi connectivity index (χ4n) is 2.89. The zero-order valence-corrected chi connectivity index (χ0v) is 10.6. The van der Waals surface area contributed by atoms with Crippen molar-refractivity contribution in [2.75, 3.05) is 59.4 Å². The first kappa shape index (κ1) is 12.3. The molecular weight excluding hydrogens is 200 g/mol. The van der Waals surface area contributed by atoms with Crippen LogP contribution in [0, 0.1) is 0 Å². The van der Waals surface area contributed by atoms with Gasteiger partial charge in [-0.2, -0.15) is 0 Å². The summed E-state index contributed by atoms with van der Waals surface area (Å²) >= 11 is 0. The third kappa shape index (κ3) is 3.17. The number of nitrogens with zero attached hydrogens (tertiary/aromatic N) is 3. The minimum absolute atomic E-state index is 0.800. The third-order valence-corrected chi connectivity index (χ3v) is 4.06. The first-order chi connectivity index (χ1) is 7.79. The van der Waals surface area contributed by atoms with Gasteiger partial charge in [0.15, 0.2) is 0 Å². The van der Waals surface area contributed by atoms with Gasteiger partial charge in [-0.05, 0) is 33.0 Å². The highest BCUT2D eigenvalue weighted by molar-refractivity contribution is 4.82. The summed E-state index contributed by atoms with van der Waals surface area (Å²) in [5, 5.41) is 0. The van der Waals surface area contributed by atoms with Crippen LogP contribution in [-0.2, 0) is 0 Å². The molecule has 16 heavy (non-hydrogen) atoms. The highest BCUT2D eigenvalue weighted by Crippen LogP contribution is 2.17. The van der Waals surface area contributed by atoms with Gasteiger partial charge in [-0.25, -0.2) is 0 Å². The Labute approximate surface area is 99.4 Å². The van der Waals surface area contributed by atoms with E-state index in [-0.39, 0.29) is 0 Å². The average molecular weight is 226 g/mol. The molecule has 0 unspecified atom stereocenters. The van der Waals surface area contributed by atoms with Crippen molar-refractivity contribution in [3.8, 4) is 0 Å².